The van der Waals surface area contributed by atoms with Crippen LogP contribution in [0.5, 0.6) is 5.75 Å². The van der Waals surface area contributed by atoms with E-state index in [4.69, 9.17) is 4.74 Å². The molecule has 1 saturated heterocycles. The number of rotatable bonds is 4. The summed E-state index contributed by atoms with van der Waals surface area (Å²) < 4.78 is 7.21. The molecule has 2 aliphatic rings. The summed E-state index contributed by atoms with van der Waals surface area (Å²) in [6.45, 7) is 3.24. The van der Waals surface area contributed by atoms with Crippen LogP contribution >= 0.6 is 0 Å². The Morgan fingerprint density at radius 2 is 2.30 bits per heavy atom. The SMILES string of the molecule is CCCCOc1c2n(ccc1=O)NC1CCCN1C2=O. The highest BCUT2D eigenvalue weighted by Crippen LogP contribution is 2.26. The second-order valence-electron chi connectivity index (χ2n) is 5.22. The number of ether oxygens (including phenoxy) is 1. The van der Waals surface area contributed by atoms with Crippen molar-refractivity contribution in [1.82, 2.24) is 9.58 Å². The third-order valence-corrected chi connectivity index (χ3v) is 3.80. The van der Waals surface area contributed by atoms with Gasteiger partial charge in [0, 0.05) is 18.8 Å². The second kappa shape index (κ2) is 5.19. The molecule has 1 unspecified atom stereocenters. The van der Waals surface area contributed by atoms with Gasteiger partial charge in [0.25, 0.3) is 5.91 Å². The molecule has 20 heavy (non-hydrogen) atoms. The highest BCUT2D eigenvalue weighted by Gasteiger charge is 2.37. The van der Waals surface area contributed by atoms with Crippen molar-refractivity contribution in [3.8, 4) is 5.75 Å². The summed E-state index contributed by atoms with van der Waals surface area (Å²) in [5.74, 6) is 0.0549. The summed E-state index contributed by atoms with van der Waals surface area (Å²) in [6, 6.07) is 1.44. The van der Waals surface area contributed by atoms with Crippen LogP contribution in [0.2, 0.25) is 0 Å². The lowest BCUT2D eigenvalue weighted by atomic mass is 10.2. The number of hydrogen-bond acceptors (Lipinski definition) is 4. The van der Waals surface area contributed by atoms with Crippen LogP contribution in [0.4, 0.5) is 0 Å². The standard InChI is InChI=1S/C14H19N3O3/c1-2-3-9-20-13-10(18)6-8-17-12(13)14(19)16-7-4-5-11(16)15-17/h6,8,11,15H,2-5,7,9H2,1H3. The Kier molecular flexibility index (Phi) is 3.38. The number of pyridine rings is 1. The summed E-state index contributed by atoms with van der Waals surface area (Å²) >= 11 is 0. The van der Waals surface area contributed by atoms with Gasteiger partial charge in [0.15, 0.2) is 11.4 Å². The Hall–Kier alpha value is -1.98. The van der Waals surface area contributed by atoms with Gasteiger partial charge in [-0.05, 0) is 19.3 Å². The maximum absolute atomic E-state index is 12.6. The average molecular weight is 277 g/mol. The van der Waals surface area contributed by atoms with E-state index in [1.165, 1.54) is 6.07 Å². The predicted octanol–water partition coefficient (Wildman–Crippen LogP) is 1.15. The fraction of sp³-hybridized carbons (Fsp3) is 0.571. The van der Waals surface area contributed by atoms with Crippen molar-refractivity contribution in [2.75, 3.05) is 18.6 Å². The van der Waals surface area contributed by atoms with Crippen LogP contribution in [0.1, 0.15) is 43.1 Å². The van der Waals surface area contributed by atoms with Crippen LogP contribution < -0.4 is 15.6 Å². The molecule has 1 aromatic rings. The van der Waals surface area contributed by atoms with Crippen molar-refractivity contribution in [2.24, 2.45) is 0 Å². The van der Waals surface area contributed by atoms with Crippen molar-refractivity contribution in [2.45, 2.75) is 38.8 Å². The zero-order chi connectivity index (χ0) is 14.1. The number of aromatic nitrogens is 1. The highest BCUT2D eigenvalue weighted by molar-refractivity contribution is 5.96. The van der Waals surface area contributed by atoms with Gasteiger partial charge in [0.05, 0.1) is 6.61 Å². The average Bonchev–Trinajstić information content (AvgIpc) is 2.90. The first-order chi connectivity index (χ1) is 9.72. The molecular formula is C14H19N3O3. The van der Waals surface area contributed by atoms with Gasteiger partial charge < -0.3 is 15.1 Å². The Labute approximate surface area is 117 Å². The number of nitrogens with zero attached hydrogens (tertiary/aromatic N) is 2. The quantitative estimate of drug-likeness (QED) is 0.838. The zero-order valence-corrected chi connectivity index (χ0v) is 11.6. The molecule has 1 amide bonds. The Morgan fingerprint density at radius 3 is 3.10 bits per heavy atom. The van der Waals surface area contributed by atoms with E-state index in [-0.39, 0.29) is 23.3 Å². The van der Waals surface area contributed by atoms with E-state index < -0.39 is 0 Å². The van der Waals surface area contributed by atoms with E-state index >= 15 is 0 Å². The molecule has 0 bridgehead atoms. The maximum atomic E-state index is 12.6. The molecule has 0 radical (unpaired) electrons. The first-order valence-electron chi connectivity index (χ1n) is 7.18. The predicted molar refractivity (Wildman–Crippen MR) is 74.5 cm³/mol. The van der Waals surface area contributed by atoms with Crippen LogP contribution in [-0.4, -0.2) is 34.8 Å². The molecule has 3 heterocycles. The van der Waals surface area contributed by atoms with Crippen LogP contribution in [0.15, 0.2) is 17.1 Å². The van der Waals surface area contributed by atoms with Gasteiger partial charge >= 0.3 is 0 Å². The lowest BCUT2D eigenvalue weighted by Crippen LogP contribution is -2.50. The molecule has 1 aromatic heterocycles. The van der Waals surface area contributed by atoms with E-state index in [1.807, 2.05) is 0 Å². The fourth-order valence-electron chi connectivity index (χ4n) is 2.72. The monoisotopic (exact) mass is 277 g/mol. The number of nitrogens with one attached hydrogen (secondary N) is 1. The molecule has 0 aromatic carbocycles. The highest BCUT2D eigenvalue weighted by atomic mass is 16.5. The fourth-order valence-corrected chi connectivity index (χ4v) is 2.72. The summed E-state index contributed by atoms with van der Waals surface area (Å²) in [5, 5.41) is 0. The van der Waals surface area contributed by atoms with E-state index in [0.29, 0.717) is 12.3 Å². The van der Waals surface area contributed by atoms with Crippen molar-refractivity contribution >= 4 is 5.91 Å². The van der Waals surface area contributed by atoms with Crippen molar-refractivity contribution in [1.29, 1.82) is 0 Å². The summed E-state index contributed by atoms with van der Waals surface area (Å²) in [5.41, 5.74) is 3.34. The molecule has 0 aliphatic carbocycles. The molecule has 6 heteroatoms. The van der Waals surface area contributed by atoms with Gasteiger partial charge in [-0.2, -0.15) is 0 Å². The minimum Gasteiger partial charge on any atom is -0.487 e. The zero-order valence-electron chi connectivity index (χ0n) is 11.6. The molecule has 1 fully saturated rings. The summed E-state index contributed by atoms with van der Waals surface area (Å²) in [7, 11) is 0. The van der Waals surface area contributed by atoms with Gasteiger partial charge in [0.2, 0.25) is 5.43 Å². The lowest BCUT2D eigenvalue weighted by Gasteiger charge is -2.34. The number of amides is 1. The van der Waals surface area contributed by atoms with Gasteiger partial charge in [-0.1, -0.05) is 13.3 Å². The third-order valence-electron chi connectivity index (χ3n) is 3.80. The molecule has 108 valence electrons. The Morgan fingerprint density at radius 1 is 1.45 bits per heavy atom. The van der Waals surface area contributed by atoms with E-state index in [9.17, 15) is 9.59 Å². The van der Waals surface area contributed by atoms with Gasteiger partial charge in [-0.3, -0.25) is 14.3 Å². The van der Waals surface area contributed by atoms with Crippen LogP contribution in [-0.2, 0) is 0 Å². The molecule has 2 aliphatic heterocycles. The minimum atomic E-state index is -0.236. The molecule has 0 saturated carbocycles. The first-order valence-corrected chi connectivity index (χ1v) is 7.18. The second-order valence-corrected chi connectivity index (χ2v) is 5.22. The Balaban J connectivity index is 1.98. The van der Waals surface area contributed by atoms with Crippen molar-refractivity contribution in [3.05, 3.63) is 28.2 Å². The number of hydrogen-bond donors (Lipinski definition) is 1. The van der Waals surface area contributed by atoms with Crippen molar-refractivity contribution in [3.63, 3.8) is 0 Å². The summed E-state index contributed by atoms with van der Waals surface area (Å²) in [4.78, 5) is 26.3. The van der Waals surface area contributed by atoms with E-state index in [1.54, 1.807) is 15.8 Å². The third kappa shape index (κ3) is 2.05. The molecular weight excluding hydrogens is 258 g/mol. The molecule has 0 spiro atoms. The van der Waals surface area contributed by atoms with Crippen LogP contribution in [0, 0.1) is 0 Å². The maximum Gasteiger partial charge on any atom is 0.278 e. The minimum absolute atomic E-state index is 0.0287. The topological polar surface area (TPSA) is 63.6 Å². The van der Waals surface area contributed by atoms with Gasteiger partial charge in [-0.25, -0.2) is 0 Å². The largest absolute Gasteiger partial charge is 0.487 e. The number of fused-ring (bicyclic) bond motifs is 2. The smallest absolute Gasteiger partial charge is 0.278 e. The first kappa shape index (κ1) is 13.0. The molecule has 1 atom stereocenters. The number of unbranched alkanes of at least 4 members (excludes halogenated alkanes) is 1. The van der Waals surface area contributed by atoms with E-state index in [2.05, 4.69) is 12.3 Å². The lowest BCUT2D eigenvalue weighted by molar-refractivity contribution is 0.0695. The van der Waals surface area contributed by atoms with E-state index in [0.717, 1.165) is 32.2 Å². The van der Waals surface area contributed by atoms with Gasteiger partial charge in [-0.15, -0.1) is 0 Å². The molecule has 6 nitrogen and oxygen atoms in total. The van der Waals surface area contributed by atoms with Crippen LogP contribution in [0.3, 0.4) is 0 Å². The van der Waals surface area contributed by atoms with Gasteiger partial charge in [0.1, 0.15) is 6.17 Å². The summed E-state index contributed by atoms with van der Waals surface area (Å²) in [6.07, 6.45) is 5.40. The normalized spacial score (nSPS) is 20.4. The molecule has 1 N–H and O–H groups in total. The van der Waals surface area contributed by atoms with Crippen LogP contribution in [0.25, 0.3) is 0 Å². The molecule has 3 rings (SSSR count). The number of carbonyl (C=O) groups is 1. The Bertz CT molecular complexity index is 582. The number of carbonyl (C=O) groups excluding carboxylic acids is 1. The van der Waals surface area contributed by atoms with Crippen molar-refractivity contribution < 1.29 is 9.53 Å².